The quantitative estimate of drug-likeness (QED) is 0.793. The Morgan fingerprint density at radius 3 is 2.36 bits per heavy atom. The van der Waals surface area contributed by atoms with Crippen molar-refractivity contribution in [3.63, 3.8) is 0 Å². The molecule has 1 N–H and O–H groups in total. The van der Waals surface area contributed by atoms with Gasteiger partial charge in [0.2, 0.25) is 5.72 Å². The lowest BCUT2D eigenvalue weighted by atomic mass is 10.1. The number of aryl methyl sites for hydroxylation is 1. The van der Waals surface area contributed by atoms with Crippen molar-refractivity contribution in [2.45, 2.75) is 58.2 Å². The predicted molar refractivity (Wildman–Crippen MR) is 81.9 cm³/mol. The Balaban J connectivity index is 2.45. The molecule has 0 spiro atoms. The highest BCUT2D eigenvalue weighted by atomic mass is 35.5. The van der Waals surface area contributed by atoms with Gasteiger partial charge < -0.3 is 5.11 Å². The van der Waals surface area contributed by atoms with Gasteiger partial charge in [0, 0.05) is 6.42 Å². The summed E-state index contributed by atoms with van der Waals surface area (Å²) in [7, 11) is 0. The Morgan fingerprint density at radius 1 is 1.36 bits per heavy atom. The first-order chi connectivity index (χ1) is 11.5. The number of halogens is 5. The summed E-state index contributed by atoms with van der Waals surface area (Å²) in [4.78, 5) is 12.7. The Labute approximate surface area is 146 Å². The summed E-state index contributed by atoms with van der Waals surface area (Å²) in [6.07, 6.45) is -7.65. The average molecular weight is 385 g/mol. The topological polar surface area (TPSA) is 70.7 Å². The molecule has 2 atom stereocenters. The summed E-state index contributed by atoms with van der Waals surface area (Å²) in [5.74, 6) is -1.07. The van der Waals surface area contributed by atoms with E-state index in [9.17, 15) is 27.5 Å². The third-order valence-corrected chi connectivity index (χ3v) is 4.60. The molecule has 0 saturated heterocycles. The highest BCUT2D eigenvalue weighted by molar-refractivity contribution is 6.31. The molecule has 0 unspecified atom stereocenters. The molecule has 0 aromatic carbocycles. The molecule has 1 aromatic heterocycles. The number of alkyl halides is 4. The average Bonchev–Trinajstić information content (AvgIpc) is 3.02. The van der Waals surface area contributed by atoms with Gasteiger partial charge in [0.1, 0.15) is 11.8 Å². The van der Waals surface area contributed by atoms with Crippen molar-refractivity contribution in [2.24, 2.45) is 5.10 Å². The van der Waals surface area contributed by atoms with Crippen molar-refractivity contribution < 1.29 is 27.5 Å². The molecule has 0 bridgehead atoms. The molecule has 6 nitrogen and oxygen atoms in total. The number of nitrogens with zero attached hydrogens (tertiary/aromatic N) is 4. The maximum Gasteiger partial charge on any atom is 0.287 e. The first-order valence-electron chi connectivity index (χ1n) is 7.45. The molecule has 1 aliphatic heterocycles. The number of carbonyl (C=O) groups is 1. The maximum absolute atomic E-state index is 13.3. The van der Waals surface area contributed by atoms with E-state index in [4.69, 9.17) is 11.6 Å². The number of aromatic nitrogens is 2. The molecule has 1 aliphatic rings. The second-order valence-corrected chi connectivity index (χ2v) is 6.13. The van der Waals surface area contributed by atoms with Crippen LogP contribution in [0.5, 0.6) is 0 Å². The molecule has 25 heavy (non-hydrogen) atoms. The maximum atomic E-state index is 13.3. The van der Waals surface area contributed by atoms with Crippen molar-refractivity contribution in [1.29, 1.82) is 0 Å². The van der Waals surface area contributed by atoms with Crippen LogP contribution in [0.2, 0.25) is 5.02 Å². The standard InChI is InChI=1S/C14H17ClF4N4O2/c1-4-9(22-7(3)10(15)6(2)20-22)12(24)23-14(25,13(18)19)5-8(21-23)11(16)17/h9,11,13,25H,4-5H2,1-3H3/t9-,14-/m0/s1. The van der Waals surface area contributed by atoms with Crippen LogP contribution >= 0.6 is 11.6 Å². The fourth-order valence-corrected chi connectivity index (χ4v) is 2.79. The molecular weight excluding hydrogens is 368 g/mol. The number of hydrogen-bond acceptors (Lipinski definition) is 4. The third-order valence-electron chi connectivity index (χ3n) is 4.05. The minimum Gasteiger partial charge on any atom is -0.364 e. The summed E-state index contributed by atoms with van der Waals surface area (Å²) in [6, 6.07) is -1.13. The van der Waals surface area contributed by atoms with Crippen LogP contribution in [0.4, 0.5) is 17.6 Å². The van der Waals surface area contributed by atoms with E-state index in [1.54, 1.807) is 20.8 Å². The first-order valence-corrected chi connectivity index (χ1v) is 7.83. The summed E-state index contributed by atoms with van der Waals surface area (Å²) < 4.78 is 53.5. The number of hydrazone groups is 1. The number of hydrogen-bond donors (Lipinski definition) is 1. The van der Waals surface area contributed by atoms with Crippen LogP contribution in [0, 0.1) is 13.8 Å². The van der Waals surface area contributed by atoms with Gasteiger partial charge >= 0.3 is 0 Å². The molecule has 0 radical (unpaired) electrons. The Bertz CT molecular complexity index is 709. The Hall–Kier alpha value is -1.68. The van der Waals surface area contributed by atoms with E-state index in [1.807, 2.05) is 0 Å². The van der Waals surface area contributed by atoms with Gasteiger partial charge in [0.15, 0.2) is 0 Å². The van der Waals surface area contributed by atoms with Gasteiger partial charge in [0.25, 0.3) is 18.8 Å². The van der Waals surface area contributed by atoms with Crippen molar-refractivity contribution in [3.8, 4) is 0 Å². The van der Waals surface area contributed by atoms with Crippen molar-refractivity contribution >= 4 is 23.2 Å². The van der Waals surface area contributed by atoms with Crippen LogP contribution in [0.1, 0.15) is 37.2 Å². The zero-order chi connectivity index (χ0) is 19.1. The van der Waals surface area contributed by atoms with Gasteiger partial charge in [-0.05, 0) is 20.3 Å². The third kappa shape index (κ3) is 3.24. The van der Waals surface area contributed by atoms with Crippen molar-refractivity contribution in [2.75, 3.05) is 0 Å². The first kappa shape index (κ1) is 19.6. The molecule has 2 heterocycles. The zero-order valence-electron chi connectivity index (χ0n) is 13.7. The van der Waals surface area contributed by atoms with Gasteiger partial charge in [-0.2, -0.15) is 15.2 Å². The minimum absolute atomic E-state index is 0.0533. The van der Waals surface area contributed by atoms with Crippen molar-refractivity contribution in [3.05, 3.63) is 16.4 Å². The smallest absolute Gasteiger partial charge is 0.287 e. The van der Waals surface area contributed by atoms with E-state index < -0.39 is 42.7 Å². The SMILES string of the molecule is CC[C@@H](C(=O)N1N=C(C(F)F)C[C@]1(O)C(F)F)n1nc(C)c(Cl)c1C. The second-order valence-electron chi connectivity index (χ2n) is 5.75. The molecule has 0 aliphatic carbocycles. The molecule has 0 fully saturated rings. The highest BCUT2D eigenvalue weighted by Gasteiger charge is 2.54. The highest BCUT2D eigenvalue weighted by Crippen LogP contribution is 2.36. The van der Waals surface area contributed by atoms with E-state index in [-0.39, 0.29) is 11.4 Å². The lowest BCUT2D eigenvalue weighted by Gasteiger charge is -2.32. The number of rotatable bonds is 5. The summed E-state index contributed by atoms with van der Waals surface area (Å²) >= 11 is 6.03. The lowest BCUT2D eigenvalue weighted by molar-refractivity contribution is -0.194. The van der Waals surface area contributed by atoms with Gasteiger partial charge in [-0.25, -0.2) is 17.6 Å². The van der Waals surface area contributed by atoms with Crippen LogP contribution in [-0.4, -0.2) is 50.1 Å². The van der Waals surface area contributed by atoms with Crippen LogP contribution in [-0.2, 0) is 4.79 Å². The summed E-state index contributed by atoms with van der Waals surface area (Å²) in [5, 5.41) is 17.8. The molecule has 0 saturated carbocycles. The fraction of sp³-hybridized carbons (Fsp3) is 0.643. The van der Waals surface area contributed by atoms with Gasteiger partial charge in [-0.3, -0.25) is 9.48 Å². The summed E-state index contributed by atoms with van der Waals surface area (Å²) in [6.45, 7) is 4.76. The van der Waals surface area contributed by atoms with E-state index in [0.29, 0.717) is 16.4 Å². The molecule has 1 amide bonds. The number of carbonyl (C=O) groups excluding carboxylic acids is 1. The van der Waals surface area contributed by atoms with Crippen LogP contribution in [0.25, 0.3) is 0 Å². The van der Waals surface area contributed by atoms with Crippen molar-refractivity contribution in [1.82, 2.24) is 14.8 Å². The van der Waals surface area contributed by atoms with Gasteiger partial charge in [-0.15, -0.1) is 0 Å². The van der Waals surface area contributed by atoms with Crippen LogP contribution in [0.15, 0.2) is 5.10 Å². The number of amides is 1. The Morgan fingerprint density at radius 2 is 1.96 bits per heavy atom. The molecule has 140 valence electrons. The monoisotopic (exact) mass is 384 g/mol. The fourth-order valence-electron chi connectivity index (χ4n) is 2.66. The number of aliphatic hydroxyl groups is 1. The summed E-state index contributed by atoms with van der Waals surface area (Å²) in [5.41, 5.74) is -3.25. The normalized spacial score (nSPS) is 22.0. The minimum atomic E-state index is -3.47. The zero-order valence-corrected chi connectivity index (χ0v) is 14.4. The van der Waals surface area contributed by atoms with Gasteiger partial charge in [0.05, 0.1) is 16.4 Å². The molecular formula is C14H17ClF4N4O2. The van der Waals surface area contributed by atoms with E-state index >= 15 is 0 Å². The van der Waals surface area contributed by atoms with E-state index in [0.717, 1.165) is 0 Å². The molecule has 1 aromatic rings. The molecule has 11 heteroatoms. The van der Waals surface area contributed by atoms with Crippen LogP contribution < -0.4 is 0 Å². The largest absolute Gasteiger partial charge is 0.364 e. The second kappa shape index (κ2) is 6.91. The molecule has 2 rings (SSSR count). The Kier molecular flexibility index (Phi) is 5.43. The van der Waals surface area contributed by atoms with E-state index in [1.165, 1.54) is 4.68 Å². The lowest BCUT2D eigenvalue weighted by Crippen LogP contribution is -2.53. The van der Waals surface area contributed by atoms with Gasteiger partial charge in [-0.1, -0.05) is 18.5 Å². The van der Waals surface area contributed by atoms with Crippen LogP contribution in [0.3, 0.4) is 0 Å². The van der Waals surface area contributed by atoms with E-state index in [2.05, 4.69) is 10.2 Å². The predicted octanol–water partition coefficient (Wildman–Crippen LogP) is 2.91.